The third-order valence-corrected chi connectivity index (χ3v) is 7.24. The van der Waals surface area contributed by atoms with Gasteiger partial charge in [0.25, 0.3) is 0 Å². The Morgan fingerprint density at radius 2 is 1.80 bits per heavy atom. The highest BCUT2D eigenvalue weighted by Gasteiger charge is 2.30. The number of nitriles is 1. The van der Waals surface area contributed by atoms with Crippen LogP contribution in [0.15, 0.2) is 72.3 Å². The van der Waals surface area contributed by atoms with Crippen LogP contribution in [0.1, 0.15) is 49.4 Å². The first-order chi connectivity index (χ1) is 19.5. The Balaban J connectivity index is 1.59. The molecule has 4 rings (SSSR count). The molecule has 1 aliphatic rings. The van der Waals surface area contributed by atoms with Crippen LogP contribution in [0.3, 0.4) is 0 Å². The van der Waals surface area contributed by atoms with Gasteiger partial charge in [0.2, 0.25) is 5.91 Å². The van der Waals surface area contributed by atoms with Crippen molar-refractivity contribution in [3.8, 4) is 11.8 Å². The lowest BCUT2D eigenvalue weighted by molar-refractivity contribution is -0.117. The summed E-state index contributed by atoms with van der Waals surface area (Å²) in [6, 6.07) is 22.1. The zero-order valence-electron chi connectivity index (χ0n) is 23.2. The number of carbonyl (C=O) groups is 2. The second-order valence-corrected chi connectivity index (χ2v) is 11.4. The van der Waals surface area contributed by atoms with Crippen molar-refractivity contribution in [3.05, 3.63) is 105 Å². The third-order valence-electron chi connectivity index (χ3n) is 6.39. The summed E-state index contributed by atoms with van der Waals surface area (Å²) in [5, 5.41) is 12.9. The molecule has 3 aromatic rings. The molecule has 1 N–H and O–H groups in total. The van der Waals surface area contributed by atoms with Crippen molar-refractivity contribution in [2.24, 2.45) is 0 Å². The van der Waals surface area contributed by atoms with Crippen LogP contribution in [0.25, 0.3) is 5.57 Å². The standard InChI is InChI=1S/C32H31Cl2N3O4/c1-32(2,3)41-31(39)37-14-13-26(27(19-37)30(38)36-18-24-10-6-12-28(33)29(24)34)23-9-5-11-25(16-23)40-20-22-8-4-7-21(15-22)17-35/h4-12,15-16H,13-14,18-20H2,1-3H3,(H,36,38). The molecular weight excluding hydrogens is 561 g/mol. The van der Waals surface area contributed by atoms with Gasteiger partial charge in [-0.1, -0.05) is 59.6 Å². The Bertz CT molecular complexity index is 1520. The van der Waals surface area contributed by atoms with Gasteiger partial charge in [-0.2, -0.15) is 5.26 Å². The van der Waals surface area contributed by atoms with Gasteiger partial charge in [-0.15, -0.1) is 0 Å². The number of rotatable bonds is 7. The molecule has 0 bridgehead atoms. The predicted octanol–water partition coefficient (Wildman–Crippen LogP) is 7.15. The van der Waals surface area contributed by atoms with Crippen LogP contribution in [0.5, 0.6) is 5.75 Å². The van der Waals surface area contributed by atoms with Gasteiger partial charge >= 0.3 is 6.09 Å². The molecule has 0 aromatic heterocycles. The largest absolute Gasteiger partial charge is 0.489 e. The fourth-order valence-electron chi connectivity index (χ4n) is 4.41. The van der Waals surface area contributed by atoms with E-state index in [1.807, 2.05) is 36.4 Å². The summed E-state index contributed by atoms with van der Waals surface area (Å²) in [5.74, 6) is 0.307. The zero-order valence-corrected chi connectivity index (χ0v) is 24.7. The Kier molecular flexibility index (Phi) is 9.59. The normalized spacial score (nSPS) is 13.4. The second kappa shape index (κ2) is 13.1. The molecule has 0 unspecified atom stereocenters. The second-order valence-electron chi connectivity index (χ2n) is 10.6. The highest BCUT2D eigenvalue weighted by atomic mass is 35.5. The maximum Gasteiger partial charge on any atom is 0.410 e. The number of benzene rings is 3. The number of halogens is 2. The number of amides is 2. The van der Waals surface area contributed by atoms with Crippen molar-refractivity contribution in [1.82, 2.24) is 10.2 Å². The number of nitrogens with zero attached hydrogens (tertiary/aromatic N) is 2. The summed E-state index contributed by atoms with van der Waals surface area (Å²) in [5.41, 5.74) is 3.56. The summed E-state index contributed by atoms with van der Waals surface area (Å²) in [4.78, 5) is 28.0. The first kappa shape index (κ1) is 30.0. The van der Waals surface area contributed by atoms with Crippen molar-refractivity contribution in [2.45, 2.75) is 45.9 Å². The van der Waals surface area contributed by atoms with Crippen molar-refractivity contribution in [3.63, 3.8) is 0 Å². The van der Waals surface area contributed by atoms with Crippen molar-refractivity contribution >= 4 is 40.8 Å². The third kappa shape index (κ3) is 8.03. The molecule has 7 nitrogen and oxygen atoms in total. The van der Waals surface area contributed by atoms with E-state index in [2.05, 4.69) is 11.4 Å². The summed E-state index contributed by atoms with van der Waals surface area (Å²) in [7, 11) is 0. The molecule has 3 aromatic carbocycles. The van der Waals surface area contributed by atoms with Gasteiger partial charge in [0.1, 0.15) is 18.0 Å². The van der Waals surface area contributed by atoms with Gasteiger partial charge in [-0.05, 0) is 79.8 Å². The molecule has 1 aliphatic heterocycles. The van der Waals surface area contributed by atoms with Crippen LogP contribution in [-0.2, 0) is 22.7 Å². The lowest BCUT2D eigenvalue weighted by atomic mass is 9.92. The van der Waals surface area contributed by atoms with E-state index in [4.69, 9.17) is 37.9 Å². The minimum absolute atomic E-state index is 0.0887. The van der Waals surface area contributed by atoms with E-state index in [0.717, 1.165) is 16.7 Å². The van der Waals surface area contributed by atoms with Gasteiger partial charge in [0.05, 0.1) is 28.2 Å². The molecule has 0 aliphatic carbocycles. The van der Waals surface area contributed by atoms with E-state index in [1.165, 1.54) is 0 Å². The van der Waals surface area contributed by atoms with Gasteiger partial charge < -0.3 is 19.7 Å². The molecule has 9 heteroatoms. The predicted molar refractivity (Wildman–Crippen MR) is 160 cm³/mol. The maximum atomic E-state index is 13.6. The molecular formula is C32H31Cl2N3O4. The fourth-order valence-corrected chi connectivity index (χ4v) is 4.80. The lowest BCUT2D eigenvalue weighted by Crippen LogP contribution is -2.43. The van der Waals surface area contributed by atoms with Crippen LogP contribution in [0.4, 0.5) is 4.79 Å². The molecule has 212 valence electrons. The van der Waals surface area contributed by atoms with E-state index < -0.39 is 11.7 Å². The zero-order chi connectivity index (χ0) is 29.6. The molecule has 0 radical (unpaired) electrons. The van der Waals surface area contributed by atoms with Gasteiger partial charge in [0.15, 0.2) is 0 Å². The molecule has 0 saturated carbocycles. The smallest absolute Gasteiger partial charge is 0.410 e. The SMILES string of the molecule is CC(C)(C)OC(=O)N1CCC(c2cccc(OCc3cccc(C#N)c3)c2)=C(C(=O)NCc2cccc(Cl)c2Cl)C1. The summed E-state index contributed by atoms with van der Waals surface area (Å²) < 4.78 is 11.6. The van der Waals surface area contributed by atoms with E-state index in [1.54, 1.807) is 56.0 Å². The van der Waals surface area contributed by atoms with Crippen LogP contribution in [-0.4, -0.2) is 35.6 Å². The Hall–Kier alpha value is -3.99. The van der Waals surface area contributed by atoms with Crippen LogP contribution in [0.2, 0.25) is 10.0 Å². The number of nitrogens with one attached hydrogen (secondary N) is 1. The van der Waals surface area contributed by atoms with Crippen LogP contribution < -0.4 is 10.1 Å². The van der Waals surface area contributed by atoms with E-state index in [-0.39, 0.29) is 25.6 Å². The van der Waals surface area contributed by atoms with Crippen LogP contribution >= 0.6 is 23.2 Å². The number of ether oxygens (including phenoxy) is 2. The number of hydrogen-bond acceptors (Lipinski definition) is 5. The highest BCUT2D eigenvalue weighted by Crippen LogP contribution is 2.31. The molecule has 0 atom stereocenters. The highest BCUT2D eigenvalue weighted by molar-refractivity contribution is 6.42. The Morgan fingerprint density at radius 1 is 1.05 bits per heavy atom. The first-order valence-electron chi connectivity index (χ1n) is 13.2. The van der Waals surface area contributed by atoms with Gasteiger partial charge in [0, 0.05) is 18.7 Å². The number of hydrogen-bond donors (Lipinski definition) is 1. The van der Waals surface area contributed by atoms with Gasteiger partial charge in [-0.25, -0.2) is 4.79 Å². The molecule has 0 spiro atoms. The number of carbonyl (C=O) groups excluding carboxylic acids is 2. The topological polar surface area (TPSA) is 91.7 Å². The average Bonchev–Trinajstić information content (AvgIpc) is 2.95. The maximum absolute atomic E-state index is 13.6. The van der Waals surface area contributed by atoms with Gasteiger partial charge in [-0.3, -0.25) is 4.79 Å². The molecule has 1 heterocycles. The lowest BCUT2D eigenvalue weighted by Gasteiger charge is -2.32. The molecule has 0 fully saturated rings. The summed E-state index contributed by atoms with van der Waals surface area (Å²) in [6.45, 7) is 6.37. The summed E-state index contributed by atoms with van der Waals surface area (Å²) in [6.07, 6.45) is -0.0236. The van der Waals surface area contributed by atoms with E-state index in [9.17, 15) is 9.59 Å². The Labute approximate surface area is 250 Å². The van der Waals surface area contributed by atoms with Crippen molar-refractivity contribution in [1.29, 1.82) is 5.26 Å². The molecule has 41 heavy (non-hydrogen) atoms. The minimum Gasteiger partial charge on any atom is -0.489 e. The average molecular weight is 593 g/mol. The monoisotopic (exact) mass is 591 g/mol. The fraction of sp³-hybridized carbons (Fsp3) is 0.281. The Morgan fingerprint density at radius 3 is 2.56 bits per heavy atom. The van der Waals surface area contributed by atoms with Crippen molar-refractivity contribution in [2.75, 3.05) is 13.1 Å². The first-order valence-corrected chi connectivity index (χ1v) is 13.9. The van der Waals surface area contributed by atoms with E-state index >= 15 is 0 Å². The van der Waals surface area contributed by atoms with E-state index in [0.29, 0.717) is 45.5 Å². The van der Waals surface area contributed by atoms with Crippen molar-refractivity contribution < 1.29 is 19.1 Å². The molecule has 0 saturated heterocycles. The van der Waals surface area contributed by atoms with Crippen LogP contribution in [0, 0.1) is 11.3 Å². The quantitative estimate of drug-likeness (QED) is 0.315. The minimum atomic E-state index is -0.661. The summed E-state index contributed by atoms with van der Waals surface area (Å²) >= 11 is 12.5. The molecule has 2 amide bonds.